The number of benzene rings is 1. The van der Waals surface area contributed by atoms with Crippen LogP contribution in [0.4, 0.5) is 0 Å². The van der Waals surface area contributed by atoms with Gasteiger partial charge in [-0.05, 0) is 67.8 Å². The van der Waals surface area contributed by atoms with Gasteiger partial charge in [-0.3, -0.25) is 9.59 Å². The van der Waals surface area contributed by atoms with Crippen molar-refractivity contribution in [2.75, 3.05) is 32.6 Å². The van der Waals surface area contributed by atoms with Crippen LogP contribution >= 0.6 is 11.8 Å². The zero-order valence-corrected chi connectivity index (χ0v) is 21.9. The highest BCUT2D eigenvalue weighted by atomic mass is 32.2. The molecule has 1 saturated heterocycles. The summed E-state index contributed by atoms with van der Waals surface area (Å²) in [5.74, 6) is 1.12. The van der Waals surface area contributed by atoms with Crippen molar-refractivity contribution < 1.29 is 19.1 Å². The molecule has 2 aromatic heterocycles. The minimum absolute atomic E-state index is 0.134. The Morgan fingerprint density at radius 1 is 1.14 bits per heavy atom. The van der Waals surface area contributed by atoms with Gasteiger partial charge in [-0.2, -0.15) is 11.8 Å². The fourth-order valence-corrected chi connectivity index (χ4v) is 4.52. The van der Waals surface area contributed by atoms with E-state index in [4.69, 9.17) is 9.47 Å². The molecule has 2 amide bonds. The number of pyridine rings is 1. The van der Waals surface area contributed by atoms with Gasteiger partial charge in [0.25, 0.3) is 11.8 Å². The Morgan fingerprint density at radius 3 is 2.65 bits per heavy atom. The lowest BCUT2D eigenvalue weighted by Gasteiger charge is -2.21. The Labute approximate surface area is 220 Å². The largest absolute Gasteiger partial charge is 0.477 e. The fourth-order valence-electron chi connectivity index (χ4n) is 3.99. The summed E-state index contributed by atoms with van der Waals surface area (Å²) in [6.07, 6.45) is 5.62. The molecule has 1 aromatic carbocycles. The summed E-state index contributed by atoms with van der Waals surface area (Å²) in [6, 6.07) is 10.7. The number of rotatable bonds is 11. The van der Waals surface area contributed by atoms with E-state index in [-0.39, 0.29) is 17.5 Å². The third kappa shape index (κ3) is 7.07. The Kier molecular flexibility index (Phi) is 9.50. The van der Waals surface area contributed by atoms with Crippen LogP contribution in [0, 0.1) is 5.92 Å². The maximum Gasteiger partial charge on any atom is 0.274 e. The lowest BCUT2D eigenvalue weighted by Crippen LogP contribution is -2.25. The van der Waals surface area contributed by atoms with Gasteiger partial charge in [0.2, 0.25) is 5.88 Å². The summed E-state index contributed by atoms with van der Waals surface area (Å²) < 4.78 is 12.9. The fraction of sp³-hybridized carbons (Fsp3) is 0.423. The molecular formula is C26H32N6O4S. The maximum atomic E-state index is 13.0. The summed E-state index contributed by atoms with van der Waals surface area (Å²) in [4.78, 5) is 29.4. The van der Waals surface area contributed by atoms with Gasteiger partial charge >= 0.3 is 0 Å². The predicted octanol–water partition coefficient (Wildman–Crippen LogP) is 3.01. The van der Waals surface area contributed by atoms with Gasteiger partial charge in [-0.15, -0.1) is 5.10 Å². The van der Waals surface area contributed by atoms with Crippen LogP contribution in [0.25, 0.3) is 5.69 Å². The van der Waals surface area contributed by atoms with Crippen molar-refractivity contribution in [3.05, 3.63) is 65.1 Å². The van der Waals surface area contributed by atoms with Crippen LogP contribution in [-0.4, -0.2) is 64.4 Å². The second-order valence-electron chi connectivity index (χ2n) is 8.69. The standard InChI is InChI=1S/C26H32N6O4S/c1-3-27-25(33)20-4-6-21(7-5-20)32-22(17-37-2)24(30-31-32)26(34)29-15-19-8-11-28-23(14-19)36-16-18-9-12-35-13-10-18/h4-8,11,14,18H,3,9-10,12-13,15-17H2,1-2H3,(H,27,33)(H,29,34). The Balaban J connectivity index is 1.40. The minimum Gasteiger partial charge on any atom is -0.477 e. The monoisotopic (exact) mass is 524 g/mol. The molecule has 4 rings (SSSR count). The summed E-state index contributed by atoms with van der Waals surface area (Å²) >= 11 is 1.57. The van der Waals surface area contributed by atoms with Gasteiger partial charge in [0.15, 0.2) is 5.69 Å². The zero-order chi connectivity index (χ0) is 26.0. The van der Waals surface area contributed by atoms with Gasteiger partial charge < -0.3 is 20.1 Å². The van der Waals surface area contributed by atoms with Crippen molar-refractivity contribution in [1.82, 2.24) is 30.6 Å². The van der Waals surface area contributed by atoms with Gasteiger partial charge in [0.05, 0.1) is 18.0 Å². The molecule has 0 atom stereocenters. The molecule has 0 bridgehead atoms. The highest BCUT2D eigenvalue weighted by molar-refractivity contribution is 7.97. The lowest BCUT2D eigenvalue weighted by atomic mass is 10.0. The van der Waals surface area contributed by atoms with Gasteiger partial charge in [0.1, 0.15) is 0 Å². The second kappa shape index (κ2) is 13.2. The van der Waals surface area contributed by atoms with E-state index in [1.54, 1.807) is 46.9 Å². The average molecular weight is 525 g/mol. The highest BCUT2D eigenvalue weighted by Gasteiger charge is 2.21. The predicted molar refractivity (Wildman–Crippen MR) is 141 cm³/mol. The molecule has 37 heavy (non-hydrogen) atoms. The number of aromatic nitrogens is 4. The van der Waals surface area contributed by atoms with Crippen molar-refractivity contribution in [2.45, 2.75) is 32.1 Å². The van der Waals surface area contributed by atoms with Gasteiger partial charge in [-0.25, -0.2) is 9.67 Å². The molecule has 3 heterocycles. The van der Waals surface area contributed by atoms with Crippen molar-refractivity contribution in [3.63, 3.8) is 0 Å². The van der Waals surface area contributed by atoms with Gasteiger partial charge in [-0.1, -0.05) is 5.21 Å². The van der Waals surface area contributed by atoms with E-state index in [0.717, 1.165) is 37.3 Å². The summed E-state index contributed by atoms with van der Waals surface area (Å²) in [6.45, 7) is 4.90. The molecule has 1 aliphatic heterocycles. The topological polar surface area (TPSA) is 120 Å². The summed E-state index contributed by atoms with van der Waals surface area (Å²) in [5.41, 5.74) is 3.12. The molecule has 196 valence electrons. The summed E-state index contributed by atoms with van der Waals surface area (Å²) in [5, 5.41) is 14.1. The quantitative estimate of drug-likeness (QED) is 0.393. The molecule has 0 radical (unpaired) electrons. The molecule has 3 aromatic rings. The lowest BCUT2D eigenvalue weighted by molar-refractivity contribution is 0.0490. The number of carbonyl (C=O) groups is 2. The minimum atomic E-state index is -0.310. The number of nitrogens with zero attached hydrogens (tertiary/aromatic N) is 4. The van der Waals surface area contributed by atoms with Crippen molar-refractivity contribution >= 4 is 23.6 Å². The molecule has 1 aliphatic rings. The normalized spacial score (nSPS) is 13.8. The van der Waals surface area contributed by atoms with E-state index in [9.17, 15) is 9.59 Å². The van der Waals surface area contributed by atoms with Crippen molar-refractivity contribution in [2.24, 2.45) is 5.92 Å². The van der Waals surface area contributed by atoms with Crippen LogP contribution in [0.2, 0.25) is 0 Å². The number of ether oxygens (including phenoxy) is 2. The van der Waals surface area contributed by atoms with Crippen LogP contribution < -0.4 is 15.4 Å². The molecule has 11 heteroatoms. The van der Waals surface area contributed by atoms with Gasteiger partial charge in [0, 0.05) is 49.9 Å². The first-order chi connectivity index (χ1) is 18.1. The molecule has 2 N–H and O–H groups in total. The molecule has 0 unspecified atom stereocenters. The second-order valence-corrected chi connectivity index (χ2v) is 9.55. The van der Waals surface area contributed by atoms with Crippen LogP contribution in [0.5, 0.6) is 5.88 Å². The first-order valence-corrected chi connectivity index (χ1v) is 13.7. The smallest absolute Gasteiger partial charge is 0.274 e. The Bertz CT molecular complexity index is 1190. The van der Waals surface area contributed by atoms with E-state index in [1.807, 2.05) is 25.3 Å². The first kappa shape index (κ1) is 26.6. The third-order valence-corrected chi connectivity index (χ3v) is 6.59. The molecule has 10 nitrogen and oxygen atoms in total. The maximum absolute atomic E-state index is 13.0. The van der Waals surface area contributed by atoms with E-state index < -0.39 is 0 Å². The van der Waals surface area contributed by atoms with Crippen LogP contribution in [0.3, 0.4) is 0 Å². The molecule has 0 spiro atoms. The van der Waals surface area contributed by atoms with Crippen molar-refractivity contribution in [3.8, 4) is 11.6 Å². The molecular weight excluding hydrogens is 492 g/mol. The van der Waals surface area contributed by atoms with Crippen LogP contribution in [0.15, 0.2) is 42.6 Å². The number of nitrogens with one attached hydrogen (secondary N) is 2. The first-order valence-electron chi connectivity index (χ1n) is 12.3. The number of thioether (sulfide) groups is 1. The summed E-state index contributed by atoms with van der Waals surface area (Å²) in [7, 11) is 0. The van der Waals surface area contributed by atoms with E-state index in [1.165, 1.54) is 0 Å². The van der Waals surface area contributed by atoms with E-state index >= 15 is 0 Å². The number of amides is 2. The van der Waals surface area contributed by atoms with Crippen LogP contribution in [-0.2, 0) is 17.0 Å². The van der Waals surface area contributed by atoms with Crippen LogP contribution in [0.1, 0.15) is 51.9 Å². The van der Waals surface area contributed by atoms with Crippen molar-refractivity contribution in [1.29, 1.82) is 0 Å². The Morgan fingerprint density at radius 2 is 1.92 bits per heavy atom. The molecule has 1 fully saturated rings. The molecule has 0 aliphatic carbocycles. The van der Waals surface area contributed by atoms with E-state index in [0.29, 0.717) is 48.5 Å². The highest BCUT2D eigenvalue weighted by Crippen LogP contribution is 2.20. The number of hydrogen-bond donors (Lipinski definition) is 2. The average Bonchev–Trinajstić information content (AvgIpc) is 3.35. The number of hydrogen-bond acceptors (Lipinski definition) is 8. The third-order valence-electron chi connectivity index (χ3n) is 6.03. The Hall–Kier alpha value is -3.44. The SMILES string of the molecule is CCNC(=O)c1ccc(-n2nnc(C(=O)NCc3ccnc(OCC4CCOCC4)c3)c2CSC)cc1. The number of carbonyl (C=O) groups excluding carboxylic acids is 2. The molecule has 0 saturated carbocycles. The van der Waals surface area contributed by atoms with E-state index in [2.05, 4.69) is 25.9 Å². The zero-order valence-electron chi connectivity index (χ0n) is 21.1.